The third-order valence-corrected chi connectivity index (χ3v) is 5.73. The van der Waals surface area contributed by atoms with Gasteiger partial charge in [0.05, 0.1) is 11.1 Å². The molecular formula is C22H22ClN3O. The third-order valence-electron chi connectivity index (χ3n) is 5.32. The number of likely N-dealkylation sites (N-methyl/N-ethyl adjacent to an activating group) is 1. The van der Waals surface area contributed by atoms with Crippen molar-refractivity contribution in [3.05, 3.63) is 69.9 Å². The Morgan fingerprint density at radius 1 is 1.22 bits per heavy atom. The van der Waals surface area contributed by atoms with E-state index < -0.39 is 0 Å². The van der Waals surface area contributed by atoms with E-state index in [0.717, 1.165) is 65.0 Å². The fourth-order valence-corrected chi connectivity index (χ4v) is 3.88. The first-order valence-electron chi connectivity index (χ1n) is 9.27. The van der Waals surface area contributed by atoms with Crippen LogP contribution in [0, 0.1) is 6.92 Å². The van der Waals surface area contributed by atoms with Gasteiger partial charge in [0.2, 0.25) is 0 Å². The number of para-hydroxylation sites is 1. The molecule has 3 aromatic rings. The van der Waals surface area contributed by atoms with E-state index in [0.29, 0.717) is 5.02 Å². The smallest absolute Gasteiger partial charge is 0.256 e. The SMILES string of the molecule is CCN1CCc2nc3ccccc3c(C(=O)Nc3cccc(Cl)c3C)c2C1. The molecular weight excluding hydrogens is 358 g/mol. The van der Waals surface area contributed by atoms with Crippen LogP contribution in [0.4, 0.5) is 5.69 Å². The predicted molar refractivity (Wildman–Crippen MR) is 111 cm³/mol. The van der Waals surface area contributed by atoms with Gasteiger partial charge in [-0.05, 0) is 37.2 Å². The lowest BCUT2D eigenvalue weighted by molar-refractivity contribution is 0.102. The van der Waals surface area contributed by atoms with Crippen LogP contribution in [0.1, 0.15) is 34.1 Å². The van der Waals surface area contributed by atoms with Gasteiger partial charge in [-0.2, -0.15) is 0 Å². The van der Waals surface area contributed by atoms with Crippen LogP contribution in [-0.4, -0.2) is 28.9 Å². The zero-order chi connectivity index (χ0) is 19.0. The van der Waals surface area contributed by atoms with Crippen LogP contribution in [0.3, 0.4) is 0 Å². The van der Waals surface area contributed by atoms with Crippen molar-refractivity contribution in [3.63, 3.8) is 0 Å². The van der Waals surface area contributed by atoms with Crippen molar-refractivity contribution in [2.45, 2.75) is 26.8 Å². The second-order valence-corrected chi connectivity index (χ2v) is 7.32. The number of carbonyl (C=O) groups excluding carboxylic acids is 1. The average Bonchev–Trinajstić information content (AvgIpc) is 2.69. The molecule has 0 saturated carbocycles. The highest BCUT2D eigenvalue weighted by Crippen LogP contribution is 2.30. The Kier molecular flexibility index (Phi) is 4.85. The van der Waals surface area contributed by atoms with Gasteiger partial charge in [0.15, 0.2) is 0 Å². The van der Waals surface area contributed by atoms with Crippen molar-refractivity contribution >= 4 is 34.1 Å². The molecule has 0 aliphatic carbocycles. The fraction of sp³-hybridized carbons (Fsp3) is 0.273. The number of amides is 1. The van der Waals surface area contributed by atoms with Crippen LogP contribution in [-0.2, 0) is 13.0 Å². The number of hydrogen-bond acceptors (Lipinski definition) is 3. The minimum Gasteiger partial charge on any atom is -0.322 e. The molecule has 0 spiro atoms. The summed E-state index contributed by atoms with van der Waals surface area (Å²) >= 11 is 6.22. The molecule has 2 heterocycles. The van der Waals surface area contributed by atoms with Gasteiger partial charge in [-0.15, -0.1) is 0 Å². The van der Waals surface area contributed by atoms with Crippen LogP contribution < -0.4 is 5.32 Å². The molecule has 1 aliphatic heterocycles. The Hall–Kier alpha value is -2.43. The lowest BCUT2D eigenvalue weighted by Gasteiger charge is -2.29. The van der Waals surface area contributed by atoms with E-state index in [1.54, 1.807) is 0 Å². The number of rotatable bonds is 3. The Morgan fingerprint density at radius 3 is 2.85 bits per heavy atom. The molecule has 5 heteroatoms. The minimum atomic E-state index is -0.104. The van der Waals surface area contributed by atoms with Crippen LogP contribution in [0.2, 0.25) is 5.02 Å². The van der Waals surface area contributed by atoms with Crippen molar-refractivity contribution in [3.8, 4) is 0 Å². The van der Waals surface area contributed by atoms with Crippen LogP contribution in [0.15, 0.2) is 42.5 Å². The third kappa shape index (κ3) is 3.31. The van der Waals surface area contributed by atoms with Gasteiger partial charge in [-0.1, -0.05) is 42.8 Å². The molecule has 1 aliphatic rings. The van der Waals surface area contributed by atoms with Gasteiger partial charge in [0.25, 0.3) is 5.91 Å². The zero-order valence-electron chi connectivity index (χ0n) is 15.6. The van der Waals surface area contributed by atoms with Crippen molar-refractivity contribution in [1.29, 1.82) is 0 Å². The predicted octanol–water partition coefficient (Wildman–Crippen LogP) is 4.83. The standard InChI is InChI=1S/C22H22ClN3O/c1-3-26-12-11-20-16(13-26)21(15-7-4-5-9-19(15)24-20)22(27)25-18-10-6-8-17(23)14(18)2/h4-10H,3,11-13H2,1-2H3,(H,25,27). The molecule has 2 aromatic carbocycles. The van der Waals surface area contributed by atoms with Gasteiger partial charge < -0.3 is 5.32 Å². The summed E-state index contributed by atoms with van der Waals surface area (Å²) in [5.74, 6) is -0.104. The number of fused-ring (bicyclic) bond motifs is 2. The summed E-state index contributed by atoms with van der Waals surface area (Å²) in [4.78, 5) is 20.5. The average molecular weight is 380 g/mol. The summed E-state index contributed by atoms with van der Waals surface area (Å²) < 4.78 is 0. The number of halogens is 1. The highest BCUT2D eigenvalue weighted by molar-refractivity contribution is 6.31. The van der Waals surface area contributed by atoms with Gasteiger partial charge >= 0.3 is 0 Å². The number of nitrogens with zero attached hydrogens (tertiary/aromatic N) is 2. The Morgan fingerprint density at radius 2 is 2.04 bits per heavy atom. The van der Waals surface area contributed by atoms with E-state index in [1.165, 1.54) is 0 Å². The Balaban J connectivity index is 1.84. The summed E-state index contributed by atoms with van der Waals surface area (Å²) in [5, 5.41) is 4.61. The van der Waals surface area contributed by atoms with Gasteiger partial charge in [-0.25, -0.2) is 0 Å². The maximum atomic E-state index is 13.4. The van der Waals surface area contributed by atoms with E-state index in [1.807, 2.05) is 49.4 Å². The molecule has 0 fully saturated rings. The zero-order valence-corrected chi connectivity index (χ0v) is 16.3. The van der Waals surface area contributed by atoms with Crippen LogP contribution >= 0.6 is 11.6 Å². The first-order valence-corrected chi connectivity index (χ1v) is 9.65. The maximum Gasteiger partial charge on any atom is 0.256 e. The molecule has 0 unspecified atom stereocenters. The first kappa shape index (κ1) is 18.0. The quantitative estimate of drug-likeness (QED) is 0.709. The fourth-order valence-electron chi connectivity index (χ4n) is 3.70. The van der Waals surface area contributed by atoms with Crippen molar-refractivity contribution in [1.82, 2.24) is 9.88 Å². The highest BCUT2D eigenvalue weighted by Gasteiger charge is 2.25. The van der Waals surface area contributed by atoms with E-state index in [4.69, 9.17) is 16.6 Å². The molecule has 1 amide bonds. The molecule has 138 valence electrons. The number of benzene rings is 2. The lowest BCUT2D eigenvalue weighted by atomic mass is 9.95. The van der Waals surface area contributed by atoms with Crippen molar-refractivity contribution < 1.29 is 4.79 Å². The minimum absolute atomic E-state index is 0.104. The summed E-state index contributed by atoms with van der Waals surface area (Å²) in [5.41, 5.74) is 5.29. The second-order valence-electron chi connectivity index (χ2n) is 6.91. The molecule has 1 N–H and O–H groups in total. The number of nitrogens with one attached hydrogen (secondary N) is 1. The van der Waals surface area contributed by atoms with Crippen molar-refractivity contribution in [2.75, 3.05) is 18.4 Å². The van der Waals surface area contributed by atoms with Gasteiger partial charge in [-0.3, -0.25) is 14.7 Å². The maximum absolute atomic E-state index is 13.4. The number of hydrogen-bond donors (Lipinski definition) is 1. The molecule has 1 aromatic heterocycles. The number of aromatic nitrogens is 1. The van der Waals surface area contributed by atoms with E-state index in [2.05, 4.69) is 17.1 Å². The molecule has 0 saturated heterocycles. The molecule has 0 bridgehead atoms. The lowest BCUT2D eigenvalue weighted by Crippen LogP contribution is -2.33. The van der Waals surface area contributed by atoms with Crippen LogP contribution in [0.25, 0.3) is 10.9 Å². The largest absolute Gasteiger partial charge is 0.322 e. The molecule has 0 radical (unpaired) electrons. The summed E-state index contributed by atoms with van der Waals surface area (Å²) in [6.07, 6.45) is 0.866. The van der Waals surface area contributed by atoms with E-state index >= 15 is 0 Å². The van der Waals surface area contributed by atoms with Crippen LogP contribution in [0.5, 0.6) is 0 Å². The second kappa shape index (κ2) is 7.29. The monoisotopic (exact) mass is 379 g/mol. The summed E-state index contributed by atoms with van der Waals surface area (Å²) in [6, 6.07) is 13.4. The summed E-state index contributed by atoms with van der Waals surface area (Å²) in [6.45, 7) is 6.75. The molecule has 27 heavy (non-hydrogen) atoms. The number of carbonyl (C=O) groups is 1. The Bertz CT molecular complexity index is 1030. The normalized spacial score (nSPS) is 14.2. The highest BCUT2D eigenvalue weighted by atomic mass is 35.5. The Labute approximate surface area is 164 Å². The first-order chi connectivity index (χ1) is 13.1. The van der Waals surface area contributed by atoms with E-state index in [9.17, 15) is 4.79 Å². The molecule has 0 atom stereocenters. The van der Waals surface area contributed by atoms with Gasteiger partial charge in [0, 0.05) is 46.9 Å². The number of anilines is 1. The molecule has 4 rings (SSSR count). The summed E-state index contributed by atoms with van der Waals surface area (Å²) in [7, 11) is 0. The van der Waals surface area contributed by atoms with Crippen molar-refractivity contribution in [2.24, 2.45) is 0 Å². The van der Waals surface area contributed by atoms with Gasteiger partial charge in [0.1, 0.15) is 0 Å². The van der Waals surface area contributed by atoms with E-state index in [-0.39, 0.29) is 5.91 Å². The molecule has 4 nitrogen and oxygen atoms in total. The topological polar surface area (TPSA) is 45.2 Å². The number of pyridine rings is 1.